The van der Waals surface area contributed by atoms with Crippen LogP contribution in [0.5, 0.6) is 0 Å². The van der Waals surface area contributed by atoms with E-state index in [1.165, 1.54) is 4.90 Å². The van der Waals surface area contributed by atoms with Gasteiger partial charge in [0, 0.05) is 13.1 Å². The van der Waals surface area contributed by atoms with Crippen LogP contribution < -0.4 is 0 Å². The predicted octanol–water partition coefficient (Wildman–Crippen LogP) is -1.49. The second-order valence-electron chi connectivity index (χ2n) is 4.24. The number of rotatable bonds is 8. The Morgan fingerprint density at radius 3 is 2.12 bits per heavy atom. The van der Waals surface area contributed by atoms with Crippen molar-refractivity contribution in [3.05, 3.63) is 0 Å². The molecule has 0 aromatic carbocycles. The number of aliphatic hydroxyl groups excluding tert-OH is 3. The van der Waals surface area contributed by atoms with Crippen molar-refractivity contribution in [2.24, 2.45) is 5.92 Å². The molecule has 0 aromatic rings. The molecule has 0 rings (SSSR count). The van der Waals surface area contributed by atoms with Gasteiger partial charge in [-0.25, -0.2) is 8.42 Å². The monoisotopic (exact) mass is 270 g/mol. The standard InChI is InChI=1S/C9H21NO6S/c1-7(2)3-4-10(5-6-11)8(12)9(13)17(14,15)16/h7-9,11-13H,3-6H2,1-2H3,(H,14,15,16)/p-1. The molecule has 2 unspecified atom stereocenters. The quantitative estimate of drug-likeness (QED) is 0.363. The Bertz CT molecular complexity index is 305. The summed E-state index contributed by atoms with van der Waals surface area (Å²) in [4.78, 5) is 1.17. The predicted molar refractivity (Wildman–Crippen MR) is 59.8 cm³/mol. The van der Waals surface area contributed by atoms with Crippen LogP contribution in [0, 0.1) is 5.92 Å². The molecule has 0 radical (unpaired) electrons. The summed E-state index contributed by atoms with van der Waals surface area (Å²) in [6, 6.07) is 0. The van der Waals surface area contributed by atoms with Gasteiger partial charge in [-0.3, -0.25) is 4.90 Å². The lowest BCUT2D eigenvalue weighted by molar-refractivity contribution is -0.0611. The van der Waals surface area contributed by atoms with E-state index in [9.17, 15) is 18.1 Å². The van der Waals surface area contributed by atoms with Crippen LogP contribution in [0.15, 0.2) is 0 Å². The summed E-state index contributed by atoms with van der Waals surface area (Å²) in [7, 11) is -4.97. The number of hydrogen-bond acceptors (Lipinski definition) is 7. The van der Waals surface area contributed by atoms with Crippen LogP contribution in [0.25, 0.3) is 0 Å². The van der Waals surface area contributed by atoms with E-state index in [0.717, 1.165) is 0 Å². The lowest BCUT2D eigenvalue weighted by atomic mass is 10.1. The maximum atomic E-state index is 10.6. The van der Waals surface area contributed by atoms with Crippen molar-refractivity contribution in [3.63, 3.8) is 0 Å². The van der Waals surface area contributed by atoms with Crippen molar-refractivity contribution in [2.75, 3.05) is 19.7 Å². The van der Waals surface area contributed by atoms with Gasteiger partial charge in [0.05, 0.1) is 6.61 Å². The average Bonchev–Trinajstić information content (AvgIpc) is 2.20. The van der Waals surface area contributed by atoms with Crippen LogP contribution >= 0.6 is 0 Å². The highest BCUT2D eigenvalue weighted by atomic mass is 32.2. The molecule has 0 aliphatic heterocycles. The summed E-state index contributed by atoms with van der Waals surface area (Å²) in [5.74, 6) is 0.310. The van der Waals surface area contributed by atoms with Crippen molar-refractivity contribution < 1.29 is 28.3 Å². The van der Waals surface area contributed by atoms with Crippen molar-refractivity contribution >= 4 is 10.1 Å². The molecule has 7 nitrogen and oxygen atoms in total. The highest BCUT2D eigenvalue weighted by Gasteiger charge is 2.28. The summed E-state index contributed by atoms with van der Waals surface area (Å²) < 4.78 is 31.7. The topological polar surface area (TPSA) is 121 Å². The first-order valence-electron chi connectivity index (χ1n) is 5.36. The molecule has 0 bridgehead atoms. The van der Waals surface area contributed by atoms with Crippen molar-refractivity contribution in [1.82, 2.24) is 4.90 Å². The van der Waals surface area contributed by atoms with Gasteiger partial charge >= 0.3 is 0 Å². The number of aliphatic hydroxyl groups is 3. The van der Waals surface area contributed by atoms with Gasteiger partial charge in [-0.2, -0.15) is 0 Å². The molecule has 0 aliphatic carbocycles. The third kappa shape index (κ3) is 6.29. The fourth-order valence-electron chi connectivity index (χ4n) is 1.26. The third-order valence-electron chi connectivity index (χ3n) is 2.31. The average molecular weight is 270 g/mol. The van der Waals surface area contributed by atoms with E-state index in [4.69, 9.17) is 10.2 Å². The normalized spacial score (nSPS) is 16.5. The van der Waals surface area contributed by atoms with Crippen LogP contribution in [-0.4, -0.2) is 64.6 Å². The molecule has 0 fully saturated rings. The molecule has 3 N–H and O–H groups in total. The summed E-state index contributed by atoms with van der Waals surface area (Å²) in [6.45, 7) is 3.84. The van der Waals surface area contributed by atoms with Crippen LogP contribution in [0.3, 0.4) is 0 Å². The Hall–Kier alpha value is -0.250. The summed E-state index contributed by atoms with van der Waals surface area (Å²) >= 11 is 0. The molecule has 0 heterocycles. The van der Waals surface area contributed by atoms with Gasteiger partial charge in [-0.15, -0.1) is 0 Å². The maximum absolute atomic E-state index is 10.6. The molecule has 0 aromatic heterocycles. The summed E-state index contributed by atoms with van der Waals surface area (Å²) in [5, 5.41) is 27.5. The fraction of sp³-hybridized carbons (Fsp3) is 1.00. The first kappa shape index (κ1) is 16.8. The van der Waals surface area contributed by atoms with E-state index in [2.05, 4.69) is 0 Å². The van der Waals surface area contributed by atoms with Gasteiger partial charge in [-0.05, 0) is 12.3 Å². The Morgan fingerprint density at radius 1 is 1.24 bits per heavy atom. The lowest BCUT2D eigenvalue weighted by Gasteiger charge is -2.31. The van der Waals surface area contributed by atoms with Crippen LogP contribution in [0.2, 0.25) is 0 Å². The van der Waals surface area contributed by atoms with Gasteiger partial charge in [0.25, 0.3) is 0 Å². The van der Waals surface area contributed by atoms with Crippen LogP contribution in [0.1, 0.15) is 20.3 Å². The lowest BCUT2D eigenvalue weighted by Crippen LogP contribution is -2.48. The Morgan fingerprint density at radius 2 is 1.76 bits per heavy atom. The van der Waals surface area contributed by atoms with Crippen molar-refractivity contribution in [1.29, 1.82) is 0 Å². The van der Waals surface area contributed by atoms with E-state index in [0.29, 0.717) is 12.3 Å². The summed E-state index contributed by atoms with van der Waals surface area (Å²) in [5.41, 5.74) is -2.40. The number of hydrogen-bond donors (Lipinski definition) is 3. The molecule has 0 saturated carbocycles. The van der Waals surface area contributed by atoms with E-state index in [1.807, 2.05) is 13.8 Å². The Labute approximate surface area is 101 Å². The molecule has 8 heteroatoms. The second-order valence-corrected chi connectivity index (χ2v) is 5.71. The third-order valence-corrected chi connectivity index (χ3v) is 3.14. The first-order valence-corrected chi connectivity index (χ1v) is 6.83. The highest BCUT2D eigenvalue weighted by molar-refractivity contribution is 7.86. The molecular formula is C9H20NO6S-. The molecule has 0 saturated heterocycles. The molecule has 0 amide bonds. The Kier molecular flexibility index (Phi) is 7.14. The molecule has 0 aliphatic rings. The van der Waals surface area contributed by atoms with E-state index >= 15 is 0 Å². The van der Waals surface area contributed by atoms with Gasteiger partial charge in [-0.1, -0.05) is 13.8 Å². The summed E-state index contributed by atoms with van der Waals surface area (Å²) in [6.07, 6.45) is -1.17. The van der Waals surface area contributed by atoms with Gasteiger partial charge in [0.15, 0.2) is 5.44 Å². The maximum Gasteiger partial charge on any atom is 0.183 e. The van der Waals surface area contributed by atoms with Gasteiger partial charge in [0.2, 0.25) is 0 Å². The minimum absolute atomic E-state index is 0.0134. The smallest absolute Gasteiger partial charge is 0.183 e. The van der Waals surface area contributed by atoms with Gasteiger partial charge < -0.3 is 19.9 Å². The van der Waals surface area contributed by atoms with E-state index < -0.39 is 21.8 Å². The van der Waals surface area contributed by atoms with E-state index in [-0.39, 0.29) is 19.7 Å². The Balaban J connectivity index is 4.58. The zero-order valence-corrected chi connectivity index (χ0v) is 10.8. The molecule has 2 atom stereocenters. The molecular weight excluding hydrogens is 250 g/mol. The zero-order chi connectivity index (χ0) is 13.6. The largest absolute Gasteiger partial charge is 0.746 e. The molecule has 17 heavy (non-hydrogen) atoms. The SMILES string of the molecule is CC(C)CCN(CCO)C(O)C(O)S(=O)(=O)[O-]. The minimum Gasteiger partial charge on any atom is -0.746 e. The molecule has 104 valence electrons. The van der Waals surface area contributed by atoms with Crippen molar-refractivity contribution in [3.8, 4) is 0 Å². The highest BCUT2D eigenvalue weighted by Crippen LogP contribution is 2.10. The van der Waals surface area contributed by atoms with Crippen LogP contribution in [0.4, 0.5) is 0 Å². The number of nitrogens with zero attached hydrogens (tertiary/aromatic N) is 1. The van der Waals surface area contributed by atoms with Crippen molar-refractivity contribution in [2.45, 2.75) is 31.9 Å². The van der Waals surface area contributed by atoms with Crippen LogP contribution in [-0.2, 0) is 10.1 Å². The van der Waals surface area contributed by atoms with E-state index in [1.54, 1.807) is 0 Å². The van der Waals surface area contributed by atoms with Gasteiger partial charge in [0.1, 0.15) is 16.3 Å². The fourth-order valence-corrected chi connectivity index (χ4v) is 1.73. The molecule has 0 spiro atoms. The second kappa shape index (κ2) is 7.24. The minimum atomic E-state index is -4.97. The first-order chi connectivity index (χ1) is 7.70. The zero-order valence-electron chi connectivity index (χ0n) is 9.98.